The highest BCUT2D eigenvalue weighted by molar-refractivity contribution is 7.09. The second-order valence-corrected chi connectivity index (χ2v) is 7.96. The highest BCUT2D eigenvalue weighted by atomic mass is 32.1. The molecule has 0 atom stereocenters. The summed E-state index contributed by atoms with van der Waals surface area (Å²) in [6, 6.07) is 18.3. The van der Waals surface area contributed by atoms with E-state index in [1.54, 1.807) is 11.3 Å². The number of rotatable bonds is 9. The number of benzene rings is 2. The maximum absolute atomic E-state index is 12.3. The summed E-state index contributed by atoms with van der Waals surface area (Å²) < 4.78 is 0. The van der Waals surface area contributed by atoms with E-state index >= 15 is 0 Å². The van der Waals surface area contributed by atoms with Gasteiger partial charge in [0.1, 0.15) is 5.01 Å². The SMILES string of the molecule is CCCN(Cc1ccccc1)Cc1csc(CC(=O)Nc2ccc(C)cc2)n1. The Kier molecular flexibility index (Phi) is 7.34. The van der Waals surface area contributed by atoms with Crippen molar-refractivity contribution in [3.05, 3.63) is 81.8 Å². The third kappa shape index (κ3) is 6.29. The lowest BCUT2D eigenvalue weighted by atomic mass is 10.2. The number of thiazole rings is 1. The third-order valence-electron chi connectivity index (χ3n) is 4.42. The Morgan fingerprint density at radius 1 is 1.07 bits per heavy atom. The minimum atomic E-state index is -0.0283. The van der Waals surface area contributed by atoms with Gasteiger partial charge in [0.15, 0.2) is 0 Å². The van der Waals surface area contributed by atoms with E-state index in [0.29, 0.717) is 6.42 Å². The van der Waals surface area contributed by atoms with Crippen molar-refractivity contribution in [1.82, 2.24) is 9.88 Å². The van der Waals surface area contributed by atoms with Crippen LogP contribution < -0.4 is 5.32 Å². The molecule has 0 fully saturated rings. The zero-order chi connectivity index (χ0) is 19.8. The Hall–Kier alpha value is -2.50. The Labute approximate surface area is 171 Å². The largest absolute Gasteiger partial charge is 0.326 e. The maximum Gasteiger partial charge on any atom is 0.231 e. The van der Waals surface area contributed by atoms with Gasteiger partial charge >= 0.3 is 0 Å². The molecule has 3 rings (SSSR count). The minimum Gasteiger partial charge on any atom is -0.326 e. The molecule has 28 heavy (non-hydrogen) atoms. The highest BCUT2D eigenvalue weighted by Gasteiger charge is 2.12. The molecule has 0 aliphatic rings. The van der Waals surface area contributed by atoms with E-state index in [4.69, 9.17) is 0 Å². The van der Waals surface area contributed by atoms with E-state index in [1.165, 1.54) is 11.1 Å². The van der Waals surface area contributed by atoms with Gasteiger partial charge in [-0.1, -0.05) is 55.0 Å². The zero-order valence-electron chi connectivity index (χ0n) is 16.5. The molecule has 2 aromatic carbocycles. The zero-order valence-corrected chi connectivity index (χ0v) is 17.3. The molecule has 0 bridgehead atoms. The lowest BCUT2D eigenvalue weighted by Crippen LogP contribution is -2.23. The van der Waals surface area contributed by atoms with Crippen molar-refractivity contribution < 1.29 is 4.79 Å². The van der Waals surface area contributed by atoms with Crippen molar-refractivity contribution in [3.8, 4) is 0 Å². The Morgan fingerprint density at radius 3 is 2.54 bits per heavy atom. The number of aromatic nitrogens is 1. The van der Waals surface area contributed by atoms with E-state index in [2.05, 4.69) is 51.8 Å². The van der Waals surface area contributed by atoms with Gasteiger partial charge in [-0.2, -0.15) is 0 Å². The molecule has 0 spiro atoms. The molecule has 0 saturated heterocycles. The number of hydrogen-bond donors (Lipinski definition) is 1. The molecule has 146 valence electrons. The van der Waals surface area contributed by atoms with Crippen LogP contribution in [-0.2, 0) is 24.3 Å². The standard InChI is InChI=1S/C23H27N3OS/c1-3-13-26(15-19-7-5-4-6-8-19)16-21-17-28-23(25-21)14-22(27)24-20-11-9-18(2)10-12-20/h4-12,17H,3,13-16H2,1-2H3,(H,24,27). The molecule has 4 nitrogen and oxygen atoms in total. The van der Waals surface area contributed by atoms with Gasteiger partial charge in [-0.05, 0) is 37.6 Å². The van der Waals surface area contributed by atoms with Crippen molar-refractivity contribution in [3.63, 3.8) is 0 Å². The fourth-order valence-corrected chi connectivity index (χ4v) is 3.87. The molecule has 1 N–H and O–H groups in total. The number of aryl methyl sites for hydroxylation is 1. The van der Waals surface area contributed by atoms with Crippen LogP contribution in [0.2, 0.25) is 0 Å². The number of hydrogen-bond acceptors (Lipinski definition) is 4. The molecular formula is C23H27N3OS. The van der Waals surface area contributed by atoms with Crippen LogP contribution in [0, 0.1) is 6.92 Å². The fourth-order valence-electron chi connectivity index (χ4n) is 3.08. The predicted octanol–water partition coefficient (Wildman–Crippen LogP) is 5.04. The summed E-state index contributed by atoms with van der Waals surface area (Å²) in [5.74, 6) is -0.0283. The van der Waals surface area contributed by atoms with Crippen LogP contribution in [-0.4, -0.2) is 22.3 Å². The smallest absolute Gasteiger partial charge is 0.231 e. The first-order chi connectivity index (χ1) is 13.6. The van der Waals surface area contributed by atoms with Crippen LogP contribution in [0.4, 0.5) is 5.69 Å². The van der Waals surface area contributed by atoms with Crippen LogP contribution in [0.1, 0.15) is 35.2 Å². The lowest BCUT2D eigenvalue weighted by Gasteiger charge is -2.20. The number of anilines is 1. The minimum absolute atomic E-state index is 0.0283. The molecule has 0 saturated carbocycles. The molecule has 0 radical (unpaired) electrons. The van der Waals surface area contributed by atoms with E-state index in [1.807, 2.05) is 37.3 Å². The molecule has 1 heterocycles. The molecule has 0 aliphatic heterocycles. The van der Waals surface area contributed by atoms with Gasteiger partial charge in [0.2, 0.25) is 5.91 Å². The molecule has 0 aliphatic carbocycles. The average molecular weight is 394 g/mol. The molecule has 1 amide bonds. The quantitative estimate of drug-likeness (QED) is 0.554. The van der Waals surface area contributed by atoms with Gasteiger partial charge in [0.05, 0.1) is 12.1 Å². The third-order valence-corrected chi connectivity index (χ3v) is 5.32. The number of carbonyl (C=O) groups excluding carboxylic acids is 1. The Balaban J connectivity index is 1.55. The number of carbonyl (C=O) groups is 1. The number of nitrogens with zero attached hydrogens (tertiary/aromatic N) is 2. The van der Waals surface area contributed by atoms with Crippen molar-refractivity contribution in [2.75, 3.05) is 11.9 Å². The Bertz CT molecular complexity index is 874. The fraction of sp³-hybridized carbons (Fsp3) is 0.304. The summed E-state index contributed by atoms with van der Waals surface area (Å²) in [6.07, 6.45) is 1.41. The molecule has 5 heteroatoms. The van der Waals surface area contributed by atoms with Crippen LogP contribution in [0.5, 0.6) is 0 Å². The van der Waals surface area contributed by atoms with Crippen LogP contribution >= 0.6 is 11.3 Å². The first-order valence-electron chi connectivity index (χ1n) is 9.68. The average Bonchev–Trinajstić information content (AvgIpc) is 3.11. The summed E-state index contributed by atoms with van der Waals surface area (Å²) in [7, 11) is 0. The summed E-state index contributed by atoms with van der Waals surface area (Å²) in [5.41, 5.74) is 4.34. The van der Waals surface area contributed by atoms with Crippen molar-refractivity contribution in [1.29, 1.82) is 0 Å². The number of nitrogens with one attached hydrogen (secondary N) is 1. The van der Waals surface area contributed by atoms with E-state index in [0.717, 1.165) is 42.4 Å². The topological polar surface area (TPSA) is 45.2 Å². The summed E-state index contributed by atoms with van der Waals surface area (Å²) in [4.78, 5) is 19.4. The van der Waals surface area contributed by atoms with Crippen LogP contribution in [0.25, 0.3) is 0 Å². The van der Waals surface area contributed by atoms with Crippen LogP contribution in [0.3, 0.4) is 0 Å². The van der Waals surface area contributed by atoms with Gasteiger partial charge in [-0.3, -0.25) is 9.69 Å². The highest BCUT2D eigenvalue weighted by Crippen LogP contribution is 2.16. The van der Waals surface area contributed by atoms with Gasteiger partial charge in [0.25, 0.3) is 0 Å². The van der Waals surface area contributed by atoms with E-state index in [9.17, 15) is 4.79 Å². The number of amides is 1. The first-order valence-corrected chi connectivity index (χ1v) is 10.6. The van der Waals surface area contributed by atoms with Crippen molar-refractivity contribution in [2.24, 2.45) is 0 Å². The summed E-state index contributed by atoms with van der Waals surface area (Å²) in [6.45, 7) is 6.96. The molecule has 1 aromatic heterocycles. The maximum atomic E-state index is 12.3. The summed E-state index contributed by atoms with van der Waals surface area (Å²) >= 11 is 1.56. The van der Waals surface area contributed by atoms with Crippen molar-refractivity contribution in [2.45, 2.75) is 39.8 Å². The monoisotopic (exact) mass is 393 g/mol. The molecule has 0 unspecified atom stereocenters. The molecule has 3 aromatic rings. The van der Waals surface area contributed by atoms with E-state index < -0.39 is 0 Å². The first kappa shape index (κ1) is 20.2. The van der Waals surface area contributed by atoms with Gasteiger partial charge in [-0.25, -0.2) is 4.98 Å². The summed E-state index contributed by atoms with van der Waals surface area (Å²) in [5, 5.41) is 5.87. The van der Waals surface area contributed by atoms with Crippen molar-refractivity contribution >= 4 is 22.9 Å². The normalized spacial score (nSPS) is 11.0. The molecular weight excluding hydrogens is 366 g/mol. The van der Waals surface area contributed by atoms with Gasteiger partial charge < -0.3 is 5.32 Å². The van der Waals surface area contributed by atoms with E-state index in [-0.39, 0.29) is 5.91 Å². The van der Waals surface area contributed by atoms with Gasteiger partial charge in [0, 0.05) is 24.2 Å². The second kappa shape index (κ2) is 10.2. The lowest BCUT2D eigenvalue weighted by molar-refractivity contribution is -0.115. The second-order valence-electron chi connectivity index (χ2n) is 7.02. The predicted molar refractivity (Wildman–Crippen MR) is 116 cm³/mol. The Morgan fingerprint density at radius 2 is 1.82 bits per heavy atom. The van der Waals surface area contributed by atoms with Gasteiger partial charge in [-0.15, -0.1) is 11.3 Å². The van der Waals surface area contributed by atoms with Crippen LogP contribution in [0.15, 0.2) is 60.0 Å².